The Kier molecular flexibility index (Phi) is 12.8. The first-order valence-electron chi connectivity index (χ1n) is 14.3. The van der Waals surface area contributed by atoms with E-state index in [4.69, 9.17) is 4.74 Å². The molecular weight excluding hydrogens is 488 g/mol. The van der Waals surface area contributed by atoms with Crippen LogP contribution in [0.25, 0.3) is 16.5 Å². The summed E-state index contributed by atoms with van der Waals surface area (Å²) in [6.45, 7) is 28.1. The molecule has 0 amide bonds. The first-order chi connectivity index (χ1) is 19.4. The Bertz CT molecular complexity index is 1440. The van der Waals surface area contributed by atoms with Gasteiger partial charge in [-0.25, -0.2) is 0 Å². The van der Waals surface area contributed by atoms with Crippen LogP contribution in [0.5, 0.6) is 11.5 Å². The van der Waals surface area contributed by atoms with E-state index in [1.807, 2.05) is 70.2 Å². The van der Waals surface area contributed by atoms with Crippen molar-refractivity contribution >= 4 is 22.2 Å². The van der Waals surface area contributed by atoms with E-state index in [-0.39, 0.29) is 0 Å². The summed E-state index contributed by atoms with van der Waals surface area (Å²) in [5, 5.41) is 4.48. The van der Waals surface area contributed by atoms with Crippen LogP contribution >= 0.6 is 0 Å². The Balaban J connectivity index is 0.000000250. The summed E-state index contributed by atoms with van der Waals surface area (Å²) in [7, 11) is 0. The Hall–Kier alpha value is -4.24. The molecule has 1 aliphatic rings. The van der Waals surface area contributed by atoms with Gasteiger partial charge in [0.15, 0.2) is 0 Å². The molecule has 0 spiro atoms. The topological polar surface area (TPSA) is 37.0 Å². The number of rotatable bonds is 7. The monoisotopic (exact) mass is 534 g/mol. The largest absolute Gasteiger partial charge is 0.457 e. The molecule has 0 unspecified atom stereocenters. The lowest BCUT2D eigenvalue weighted by atomic mass is 10.0. The molecule has 5 rings (SSSR count). The average molecular weight is 535 g/mol. The van der Waals surface area contributed by atoms with Crippen LogP contribution in [0.2, 0.25) is 0 Å². The molecule has 0 saturated carbocycles. The summed E-state index contributed by atoms with van der Waals surface area (Å²) in [5.41, 5.74) is 10.1. The number of hydrogen-bond acceptors (Lipinski definition) is 2. The van der Waals surface area contributed by atoms with Gasteiger partial charge in [-0.05, 0) is 77.6 Å². The van der Waals surface area contributed by atoms with Crippen LogP contribution < -0.4 is 10.1 Å². The van der Waals surface area contributed by atoms with Crippen LogP contribution in [0.3, 0.4) is 0 Å². The zero-order valence-electron chi connectivity index (χ0n) is 25.3. The molecule has 3 heteroatoms. The van der Waals surface area contributed by atoms with Crippen LogP contribution in [0.1, 0.15) is 63.4 Å². The molecule has 2 N–H and O–H groups in total. The third-order valence-electron chi connectivity index (χ3n) is 6.33. The molecule has 0 atom stereocenters. The summed E-state index contributed by atoms with van der Waals surface area (Å²) in [6, 6.07) is 22.5. The Morgan fingerprint density at radius 3 is 2.27 bits per heavy atom. The third-order valence-corrected chi connectivity index (χ3v) is 6.33. The van der Waals surface area contributed by atoms with Gasteiger partial charge < -0.3 is 15.0 Å². The zero-order chi connectivity index (χ0) is 29.7. The van der Waals surface area contributed by atoms with E-state index in [0.29, 0.717) is 0 Å². The van der Waals surface area contributed by atoms with Crippen molar-refractivity contribution in [3.63, 3.8) is 0 Å². The van der Waals surface area contributed by atoms with Gasteiger partial charge in [0.25, 0.3) is 0 Å². The third kappa shape index (κ3) is 8.38. The normalized spacial score (nSPS) is 10.9. The van der Waals surface area contributed by atoms with Crippen LogP contribution in [0.4, 0.5) is 5.69 Å². The number of aryl methyl sites for hydroxylation is 2. The number of para-hydroxylation sites is 1. The molecule has 0 radical (unpaired) electrons. The standard InChI is InChI=1S/C18H21N.C15H13NO.2C2H6/c1-6-8-15-10-18-16(9-13(15)4)11-17(19-18)14(5)12(3)7-2;1-11-9-12-7-8-14(10-15(12)16-11)17-13-5-3-2-4-6-13;2*1-2/h7,9-11,19H,2-3,5-6,8H2,1,4H3;2-8,10,16H,1,9H2;2*1-2H3. The van der Waals surface area contributed by atoms with Crippen molar-refractivity contribution < 1.29 is 4.74 Å². The highest BCUT2D eigenvalue weighted by Crippen LogP contribution is 2.32. The lowest BCUT2D eigenvalue weighted by molar-refractivity contribution is 0.483. The summed E-state index contributed by atoms with van der Waals surface area (Å²) >= 11 is 0. The molecule has 2 heterocycles. The second kappa shape index (κ2) is 16.0. The molecule has 0 bridgehead atoms. The minimum absolute atomic E-state index is 0.845. The maximum absolute atomic E-state index is 5.77. The molecule has 0 saturated heterocycles. The van der Waals surface area contributed by atoms with Gasteiger partial charge in [-0.2, -0.15) is 0 Å². The molecular formula is C37H46N2O. The van der Waals surface area contributed by atoms with Crippen molar-refractivity contribution in [2.24, 2.45) is 0 Å². The molecule has 0 aliphatic carbocycles. The van der Waals surface area contributed by atoms with E-state index < -0.39 is 0 Å². The quantitative estimate of drug-likeness (QED) is 0.231. The highest BCUT2D eigenvalue weighted by Gasteiger charge is 2.13. The first kappa shape index (κ1) is 32.0. The summed E-state index contributed by atoms with van der Waals surface area (Å²) in [5.74, 6) is 1.70. The number of aromatic amines is 1. The van der Waals surface area contributed by atoms with Gasteiger partial charge in [0.2, 0.25) is 0 Å². The van der Waals surface area contributed by atoms with Crippen LogP contribution in [-0.2, 0) is 12.8 Å². The van der Waals surface area contributed by atoms with Crippen LogP contribution in [0.15, 0.2) is 110 Å². The number of H-pyrrole nitrogens is 1. The highest BCUT2D eigenvalue weighted by atomic mass is 16.5. The van der Waals surface area contributed by atoms with Gasteiger partial charge in [-0.3, -0.25) is 0 Å². The van der Waals surface area contributed by atoms with E-state index in [2.05, 4.69) is 74.7 Å². The number of fused-ring (bicyclic) bond motifs is 2. The second-order valence-electron chi connectivity index (χ2n) is 9.15. The SMILES string of the molecule is C=C1Cc2ccc(Oc3ccccc3)cc2N1.C=CC(=C)C(=C)c1cc2cc(C)c(CCC)cc2[nH]1.CC.CC. The minimum atomic E-state index is 0.845. The molecule has 1 aliphatic heterocycles. The van der Waals surface area contributed by atoms with Crippen molar-refractivity contribution in [1.29, 1.82) is 0 Å². The van der Waals surface area contributed by atoms with Crippen molar-refractivity contribution in [1.82, 2.24) is 4.98 Å². The maximum atomic E-state index is 5.77. The summed E-state index contributed by atoms with van der Waals surface area (Å²) < 4.78 is 5.77. The molecule has 3 nitrogen and oxygen atoms in total. The Morgan fingerprint density at radius 1 is 0.925 bits per heavy atom. The number of aromatic nitrogens is 1. The Labute approximate surface area is 242 Å². The fourth-order valence-corrected chi connectivity index (χ4v) is 4.32. The predicted octanol–water partition coefficient (Wildman–Crippen LogP) is 11.2. The number of allylic oxidation sites excluding steroid dienone is 4. The lowest BCUT2D eigenvalue weighted by Crippen LogP contribution is -1.88. The van der Waals surface area contributed by atoms with Crippen molar-refractivity contribution in [2.75, 3.05) is 5.32 Å². The predicted molar refractivity (Wildman–Crippen MR) is 178 cm³/mol. The molecule has 210 valence electrons. The number of hydrogen-bond donors (Lipinski definition) is 2. The molecule has 0 fully saturated rings. The van der Waals surface area contributed by atoms with Crippen molar-refractivity contribution in [3.8, 4) is 11.5 Å². The number of nitrogens with one attached hydrogen (secondary N) is 2. The van der Waals surface area contributed by atoms with Gasteiger partial charge in [0.1, 0.15) is 11.5 Å². The van der Waals surface area contributed by atoms with Crippen LogP contribution in [-0.4, -0.2) is 4.98 Å². The lowest BCUT2D eigenvalue weighted by Gasteiger charge is -2.07. The fourth-order valence-electron chi connectivity index (χ4n) is 4.32. The number of ether oxygens (including phenoxy) is 1. The highest BCUT2D eigenvalue weighted by molar-refractivity contribution is 5.89. The molecule has 4 aromatic rings. The summed E-state index contributed by atoms with van der Waals surface area (Å²) in [6.07, 6.45) is 4.93. The smallest absolute Gasteiger partial charge is 0.129 e. The van der Waals surface area contributed by atoms with E-state index in [1.165, 1.54) is 34.0 Å². The second-order valence-corrected chi connectivity index (χ2v) is 9.15. The zero-order valence-corrected chi connectivity index (χ0v) is 25.3. The van der Waals surface area contributed by atoms with E-state index in [1.54, 1.807) is 6.08 Å². The minimum Gasteiger partial charge on any atom is -0.457 e. The summed E-state index contributed by atoms with van der Waals surface area (Å²) in [4.78, 5) is 3.43. The van der Waals surface area contributed by atoms with Crippen LogP contribution in [0, 0.1) is 6.92 Å². The van der Waals surface area contributed by atoms with Gasteiger partial charge in [0, 0.05) is 40.5 Å². The van der Waals surface area contributed by atoms with E-state index in [9.17, 15) is 0 Å². The van der Waals surface area contributed by atoms with Gasteiger partial charge in [0.05, 0.1) is 0 Å². The van der Waals surface area contributed by atoms with Gasteiger partial charge in [-0.15, -0.1) is 0 Å². The maximum Gasteiger partial charge on any atom is 0.129 e. The number of anilines is 1. The molecule has 1 aromatic heterocycles. The van der Waals surface area contributed by atoms with E-state index >= 15 is 0 Å². The van der Waals surface area contributed by atoms with E-state index in [0.717, 1.165) is 52.6 Å². The van der Waals surface area contributed by atoms with Crippen molar-refractivity contribution in [2.45, 2.75) is 60.8 Å². The molecule has 3 aromatic carbocycles. The average Bonchev–Trinajstić information content (AvgIpc) is 3.57. The fraction of sp³-hybridized carbons (Fsp3) is 0.243. The van der Waals surface area contributed by atoms with Crippen molar-refractivity contribution in [3.05, 3.63) is 133 Å². The van der Waals surface area contributed by atoms with Gasteiger partial charge in [-0.1, -0.05) is 97.7 Å². The first-order valence-corrected chi connectivity index (χ1v) is 14.3. The molecule has 40 heavy (non-hydrogen) atoms. The van der Waals surface area contributed by atoms with Gasteiger partial charge >= 0.3 is 0 Å². The number of benzene rings is 3. The Morgan fingerprint density at radius 2 is 1.62 bits per heavy atom.